The Morgan fingerprint density at radius 1 is 1.04 bits per heavy atom. The quantitative estimate of drug-likeness (QED) is 0.785. The number of carbonyl (C=O) groups is 2. The SMILES string of the molecule is CC(=O)Nc1ccc(S(=O)(=O)N(C)CC(=O)Nc2cccc(Cl)c2)cc1. The predicted molar refractivity (Wildman–Crippen MR) is 101 cm³/mol. The van der Waals surface area contributed by atoms with Crippen LogP contribution >= 0.6 is 11.6 Å². The van der Waals surface area contributed by atoms with Crippen LogP contribution in [0.4, 0.5) is 11.4 Å². The van der Waals surface area contributed by atoms with Gasteiger partial charge >= 0.3 is 0 Å². The number of hydrogen-bond acceptors (Lipinski definition) is 4. The Morgan fingerprint density at radius 2 is 1.69 bits per heavy atom. The van der Waals surface area contributed by atoms with Crippen molar-refractivity contribution < 1.29 is 18.0 Å². The van der Waals surface area contributed by atoms with Crippen molar-refractivity contribution in [2.45, 2.75) is 11.8 Å². The van der Waals surface area contributed by atoms with Crippen LogP contribution in [0.25, 0.3) is 0 Å². The van der Waals surface area contributed by atoms with Gasteiger partial charge in [-0.3, -0.25) is 9.59 Å². The molecule has 2 amide bonds. The molecule has 0 aliphatic rings. The van der Waals surface area contributed by atoms with Gasteiger partial charge in [0.1, 0.15) is 0 Å². The van der Waals surface area contributed by atoms with Crippen molar-refractivity contribution >= 4 is 44.8 Å². The molecule has 138 valence electrons. The van der Waals surface area contributed by atoms with Crippen LogP contribution in [0.2, 0.25) is 5.02 Å². The Labute approximate surface area is 157 Å². The number of carbonyl (C=O) groups excluding carboxylic acids is 2. The highest BCUT2D eigenvalue weighted by Gasteiger charge is 2.23. The highest BCUT2D eigenvalue weighted by molar-refractivity contribution is 7.89. The van der Waals surface area contributed by atoms with Gasteiger partial charge in [0.15, 0.2) is 0 Å². The van der Waals surface area contributed by atoms with E-state index in [1.54, 1.807) is 24.3 Å². The fourth-order valence-corrected chi connectivity index (χ4v) is 3.46. The Morgan fingerprint density at radius 3 is 2.27 bits per heavy atom. The zero-order valence-corrected chi connectivity index (χ0v) is 15.8. The molecule has 7 nitrogen and oxygen atoms in total. The zero-order chi connectivity index (χ0) is 19.3. The lowest BCUT2D eigenvalue weighted by atomic mass is 10.3. The molecule has 2 aromatic carbocycles. The number of rotatable bonds is 6. The van der Waals surface area contributed by atoms with Crippen LogP contribution in [0.1, 0.15) is 6.92 Å². The molecule has 26 heavy (non-hydrogen) atoms. The van der Waals surface area contributed by atoms with Crippen LogP contribution in [-0.2, 0) is 19.6 Å². The Balaban J connectivity index is 2.05. The van der Waals surface area contributed by atoms with Crippen LogP contribution in [0.5, 0.6) is 0 Å². The van der Waals surface area contributed by atoms with Gasteiger partial charge in [0.05, 0.1) is 11.4 Å². The van der Waals surface area contributed by atoms with E-state index in [9.17, 15) is 18.0 Å². The molecule has 0 bridgehead atoms. The summed E-state index contributed by atoms with van der Waals surface area (Å²) in [7, 11) is -2.53. The van der Waals surface area contributed by atoms with Gasteiger partial charge in [-0.1, -0.05) is 17.7 Å². The summed E-state index contributed by atoms with van der Waals surface area (Å²) in [6, 6.07) is 12.3. The predicted octanol–water partition coefficient (Wildman–Crippen LogP) is 2.56. The number of halogens is 1. The zero-order valence-electron chi connectivity index (χ0n) is 14.2. The van der Waals surface area contributed by atoms with Crippen LogP contribution < -0.4 is 10.6 Å². The highest BCUT2D eigenvalue weighted by Crippen LogP contribution is 2.18. The normalized spacial score (nSPS) is 11.2. The average Bonchev–Trinajstić information content (AvgIpc) is 2.54. The monoisotopic (exact) mass is 395 g/mol. The van der Waals surface area contributed by atoms with Gasteiger partial charge in [0.25, 0.3) is 0 Å². The van der Waals surface area contributed by atoms with Gasteiger partial charge in [0.2, 0.25) is 21.8 Å². The third-order valence-corrected chi connectivity index (χ3v) is 5.41. The Hall–Kier alpha value is -2.42. The number of hydrogen-bond donors (Lipinski definition) is 2. The molecular weight excluding hydrogens is 378 g/mol. The molecule has 0 saturated carbocycles. The molecule has 0 atom stereocenters. The number of nitrogens with one attached hydrogen (secondary N) is 2. The van der Waals surface area contributed by atoms with Crippen molar-refractivity contribution in [3.8, 4) is 0 Å². The summed E-state index contributed by atoms with van der Waals surface area (Å²) in [5.41, 5.74) is 0.964. The minimum absolute atomic E-state index is 0.0182. The minimum Gasteiger partial charge on any atom is -0.326 e. The van der Waals surface area contributed by atoms with E-state index in [1.807, 2.05) is 0 Å². The van der Waals surface area contributed by atoms with Gasteiger partial charge in [-0.2, -0.15) is 4.31 Å². The second-order valence-electron chi connectivity index (χ2n) is 5.53. The van der Waals surface area contributed by atoms with Crippen LogP contribution in [0.15, 0.2) is 53.4 Å². The molecule has 9 heteroatoms. The van der Waals surface area contributed by atoms with Crippen molar-refractivity contribution in [1.82, 2.24) is 4.31 Å². The lowest BCUT2D eigenvalue weighted by molar-refractivity contribution is -0.116. The van der Waals surface area contributed by atoms with E-state index >= 15 is 0 Å². The van der Waals surface area contributed by atoms with E-state index in [4.69, 9.17) is 11.6 Å². The maximum atomic E-state index is 12.5. The first-order valence-corrected chi connectivity index (χ1v) is 9.40. The molecule has 0 saturated heterocycles. The van der Waals surface area contributed by atoms with Crippen molar-refractivity contribution in [2.24, 2.45) is 0 Å². The van der Waals surface area contributed by atoms with Gasteiger partial charge in [-0.15, -0.1) is 0 Å². The number of benzene rings is 2. The molecule has 0 aliphatic carbocycles. The fraction of sp³-hybridized carbons (Fsp3) is 0.176. The van der Waals surface area contributed by atoms with Crippen molar-refractivity contribution in [1.29, 1.82) is 0 Å². The molecule has 0 unspecified atom stereocenters. The summed E-state index contributed by atoms with van der Waals surface area (Å²) in [6.07, 6.45) is 0. The number of sulfonamides is 1. The lowest BCUT2D eigenvalue weighted by Crippen LogP contribution is -2.34. The molecule has 2 N–H and O–H groups in total. The van der Waals surface area contributed by atoms with Crippen molar-refractivity contribution in [3.05, 3.63) is 53.6 Å². The van der Waals surface area contributed by atoms with Crippen molar-refractivity contribution in [3.63, 3.8) is 0 Å². The molecular formula is C17H18ClN3O4S. The number of amides is 2. The maximum Gasteiger partial charge on any atom is 0.243 e. The van der Waals surface area contributed by atoms with E-state index in [1.165, 1.54) is 38.2 Å². The molecule has 0 heterocycles. The van der Waals surface area contributed by atoms with E-state index in [0.717, 1.165) is 4.31 Å². The van der Waals surface area contributed by atoms with Crippen LogP contribution in [0.3, 0.4) is 0 Å². The topological polar surface area (TPSA) is 95.6 Å². The van der Waals surface area contributed by atoms with E-state index in [0.29, 0.717) is 16.4 Å². The largest absolute Gasteiger partial charge is 0.326 e. The third kappa shape index (κ3) is 5.29. The third-order valence-electron chi connectivity index (χ3n) is 3.36. The number of likely N-dealkylation sites (N-methyl/N-ethyl adjacent to an activating group) is 1. The van der Waals surface area contributed by atoms with E-state index in [-0.39, 0.29) is 17.3 Å². The molecule has 2 rings (SSSR count). The molecule has 0 spiro atoms. The smallest absolute Gasteiger partial charge is 0.243 e. The minimum atomic E-state index is -3.85. The average molecular weight is 396 g/mol. The molecule has 0 fully saturated rings. The van der Waals surface area contributed by atoms with Gasteiger partial charge in [-0.05, 0) is 42.5 Å². The van der Waals surface area contributed by atoms with E-state index < -0.39 is 15.9 Å². The second kappa shape index (κ2) is 8.31. The summed E-state index contributed by atoms with van der Waals surface area (Å²) < 4.78 is 26.0. The van der Waals surface area contributed by atoms with Gasteiger partial charge in [-0.25, -0.2) is 8.42 Å². The molecule has 2 aromatic rings. The molecule has 0 aromatic heterocycles. The molecule has 0 aliphatic heterocycles. The van der Waals surface area contributed by atoms with Crippen molar-refractivity contribution in [2.75, 3.05) is 24.2 Å². The lowest BCUT2D eigenvalue weighted by Gasteiger charge is -2.17. The Kier molecular flexibility index (Phi) is 6.36. The van der Waals surface area contributed by atoms with Crippen LogP contribution in [-0.4, -0.2) is 38.1 Å². The summed E-state index contributed by atoms with van der Waals surface area (Å²) in [4.78, 5) is 23.1. The second-order valence-corrected chi connectivity index (χ2v) is 8.01. The number of nitrogens with zero attached hydrogens (tertiary/aromatic N) is 1. The summed E-state index contributed by atoms with van der Waals surface area (Å²) in [5.74, 6) is -0.747. The summed E-state index contributed by atoms with van der Waals surface area (Å²) in [6.45, 7) is 0.999. The number of anilines is 2. The summed E-state index contributed by atoms with van der Waals surface area (Å²) in [5, 5.41) is 5.61. The fourth-order valence-electron chi connectivity index (χ4n) is 2.15. The standard InChI is InChI=1S/C17H18ClN3O4S/c1-12(22)19-14-6-8-16(9-7-14)26(24,25)21(2)11-17(23)20-15-5-3-4-13(18)10-15/h3-10H,11H2,1-2H3,(H,19,22)(H,20,23). The van der Waals surface area contributed by atoms with Crippen LogP contribution in [0, 0.1) is 0 Å². The summed E-state index contributed by atoms with van der Waals surface area (Å²) >= 11 is 5.85. The first-order chi connectivity index (χ1) is 12.2. The highest BCUT2D eigenvalue weighted by atomic mass is 35.5. The van der Waals surface area contributed by atoms with Gasteiger partial charge < -0.3 is 10.6 Å². The first kappa shape index (κ1) is 19.9. The first-order valence-electron chi connectivity index (χ1n) is 7.58. The Bertz CT molecular complexity index is 914. The van der Waals surface area contributed by atoms with Gasteiger partial charge in [0, 0.05) is 30.4 Å². The molecule has 0 radical (unpaired) electrons. The van der Waals surface area contributed by atoms with E-state index in [2.05, 4.69) is 10.6 Å². The maximum absolute atomic E-state index is 12.5.